The van der Waals surface area contributed by atoms with E-state index in [1.165, 1.54) is 0 Å². The molecule has 0 aliphatic rings. The van der Waals surface area contributed by atoms with E-state index in [4.69, 9.17) is 27.4 Å². The van der Waals surface area contributed by atoms with Gasteiger partial charge in [0.15, 0.2) is 8.38 Å². The van der Waals surface area contributed by atoms with Gasteiger partial charge in [-0.3, -0.25) is 0 Å². The van der Waals surface area contributed by atoms with E-state index in [9.17, 15) is 0 Å². The molecule has 5 nitrogen and oxygen atoms in total. The molecule has 0 bridgehead atoms. The Balaban J connectivity index is 4.73. The smallest absolute Gasteiger partial charge is 0.166 e. The molecule has 0 aromatic heterocycles. The van der Waals surface area contributed by atoms with Gasteiger partial charge in [-0.2, -0.15) is 0 Å². The van der Waals surface area contributed by atoms with Gasteiger partial charge in [-0.05, 0) is 19.3 Å². The maximum atomic E-state index is 7.21. The van der Waals surface area contributed by atoms with E-state index >= 15 is 0 Å². The minimum absolute atomic E-state index is 0.341. The third kappa shape index (κ3) is 10.9. The average Bonchev–Trinajstić information content (AvgIpc) is 2.63. The van der Waals surface area contributed by atoms with Gasteiger partial charge in [0, 0.05) is 37.7 Å². The normalized spacial score (nSPS) is 15.3. The number of hydrogen-bond acceptors (Lipinski definition) is 5. The highest BCUT2D eigenvalue weighted by Gasteiger charge is 2.33. The summed E-state index contributed by atoms with van der Waals surface area (Å²) in [7, 11) is 0.654. The molecule has 0 saturated carbocycles. The lowest BCUT2D eigenvalue weighted by Gasteiger charge is -2.33. The molecule has 0 radical (unpaired) electrons. The Bertz CT molecular complexity index is 259. The van der Waals surface area contributed by atoms with Crippen LogP contribution in [0, 0.1) is 5.41 Å². The van der Waals surface area contributed by atoms with Crippen molar-refractivity contribution < 1.29 is 27.4 Å². The van der Waals surface area contributed by atoms with Crippen molar-refractivity contribution >= 4 is 8.38 Å². The zero-order valence-corrected chi connectivity index (χ0v) is 15.1. The van der Waals surface area contributed by atoms with Crippen molar-refractivity contribution in [2.45, 2.75) is 40.0 Å². The molecule has 0 heterocycles. The van der Waals surface area contributed by atoms with Crippen LogP contribution < -0.4 is 0 Å². The topological polar surface area (TPSA) is 46.2 Å². The summed E-state index contributed by atoms with van der Waals surface area (Å²) in [6.07, 6.45) is 2.07. The van der Waals surface area contributed by atoms with Crippen molar-refractivity contribution in [1.29, 1.82) is 0 Å². The van der Waals surface area contributed by atoms with Gasteiger partial charge in [0.1, 0.15) is 0 Å². The van der Waals surface area contributed by atoms with Gasteiger partial charge >= 0.3 is 0 Å². The van der Waals surface area contributed by atoms with Gasteiger partial charge in [-0.25, -0.2) is 0 Å². The fourth-order valence-electron chi connectivity index (χ4n) is 1.70. The molecular formula is C16H35O5P. The van der Waals surface area contributed by atoms with Crippen LogP contribution in [-0.2, 0) is 23.3 Å². The summed E-state index contributed by atoms with van der Waals surface area (Å²) >= 11 is 0. The molecule has 0 fully saturated rings. The molecule has 1 atom stereocenters. The molecule has 0 aromatic carbocycles. The Morgan fingerprint density at radius 1 is 0.818 bits per heavy atom. The van der Waals surface area contributed by atoms with Gasteiger partial charge in [-0.15, -0.1) is 0 Å². The van der Waals surface area contributed by atoms with Gasteiger partial charge in [0.05, 0.1) is 31.8 Å². The first-order valence-corrected chi connectivity index (χ1v) is 9.28. The number of rotatable bonds is 16. The molecule has 0 aromatic rings. The highest BCUT2D eigenvalue weighted by molar-refractivity contribution is 7.46. The lowest BCUT2D eigenvalue weighted by atomic mass is 9.92. The van der Waals surface area contributed by atoms with Crippen LogP contribution in [0.5, 0.6) is 0 Å². The summed E-state index contributed by atoms with van der Waals surface area (Å²) in [5.41, 5.74) is -0.457. The van der Waals surface area contributed by atoms with Crippen LogP contribution in [0.2, 0.25) is 0 Å². The molecule has 0 rings (SSSR count). The summed E-state index contributed by atoms with van der Waals surface area (Å²) in [4.78, 5) is 0. The molecule has 1 unspecified atom stereocenters. The first kappa shape index (κ1) is 17.1. The van der Waals surface area contributed by atoms with Crippen LogP contribution in [0.4, 0.5) is 0 Å². The van der Waals surface area contributed by atoms with E-state index in [2.05, 4.69) is 0 Å². The maximum absolute atomic E-state index is 7.21. The number of hydrogen-bond donors (Lipinski definition) is 0. The third-order valence-electron chi connectivity index (χ3n) is 2.90. The van der Waals surface area contributed by atoms with E-state index in [1.54, 1.807) is 7.11 Å². The minimum atomic E-state index is -0.964. The van der Waals surface area contributed by atoms with Crippen molar-refractivity contribution in [2.75, 3.05) is 60.0 Å². The van der Waals surface area contributed by atoms with Crippen LogP contribution in [0.1, 0.15) is 44.1 Å². The molecule has 22 heavy (non-hydrogen) atoms. The summed E-state index contributed by atoms with van der Waals surface area (Å²) in [5, 5.41) is 0. The zero-order valence-electron chi connectivity index (χ0n) is 17.2. The van der Waals surface area contributed by atoms with E-state index < -0.39 is 13.8 Å². The molecule has 0 N–H and O–H groups in total. The van der Waals surface area contributed by atoms with E-state index in [1.807, 2.05) is 6.66 Å². The summed E-state index contributed by atoms with van der Waals surface area (Å²) in [6, 6.07) is 0. The molecule has 6 heteroatoms. The van der Waals surface area contributed by atoms with Crippen molar-refractivity contribution in [1.82, 2.24) is 0 Å². The van der Waals surface area contributed by atoms with Gasteiger partial charge in [0.25, 0.3) is 0 Å². The quantitative estimate of drug-likeness (QED) is 0.315. The van der Waals surface area contributed by atoms with Crippen molar-refractivity contribution in [2.24, 2.45) is 5.41 Å². The molecule has 134 valence electrons. The Morgan fingerprint density at radius 2 is 1.27 bits per heavy atom. The predicted molar refractivity (Wildman–Crippen MR) is 91.6 cm³/mol. The van der Waals surface area contributed by atoms with Crippen LogP contribution in [0.25, 0.3) is 0 Å². The molecule has 0 spiro atoms. The highest BCUT2D eigenvalue weighted by atomic mass is 31.2. The second-order valence-electron chi connectivity index (χ2n) is 5.11. The van der Waals surface area contributed by atoms with Crippen molar-refractivity contribution in [3.8, 4) is 0 Å². The zero-order chi connectivity index (χ0) is 18.8. The van der Waals surface area contributed by atoms with Crippen molar-refractivity contribution in [3.05, 3.63) is 0 Å². The van der Waals surface area contributed by atoms with Crippen LogP contribution in [0.3, 0.4) is 0 Å². The number of ether oxygens (including phenoxy) is 3. The Kier molecular flexibility index (Phi) is 11.5. The maximum Gasteiger partial charge on any atom is 0.166 e. The first-order chi connectivity index (χ1) is 12.1. The SMILES string of the molecule is [2H]CCCOCC(COCCC[2H])(COCCC[2H])COP(C)OC. The third-order valence-corrected chi connectivity index (χ3v) is 3.91. The van der Waals surface area contributed by atoms with E-state index in [0.717, 1.165) is 0 Å². The summed E-state index contributed by atoms with van der Waals surface area (Å²) in [6.45, 7) is 6.13. The van der Waals surface area contributed by atoms with Gasteiger partial charge < -0.3 is 23.3 Å². The van der Waals surface area contributed by atoms with Gasteiger partial charge in [0.2, 0.25) is 0 Å². The molecule has 0 aliphatic carbocycles. The van der Waals surface area contributed by atoms with Gasteiger partial charge in [-0.1, -0.05) is 20.7 Å². The fraction of sp³-hybridized carbons (Fsp3) is 1.00. The van der Waals surface area contributed by atoms with E-state index in [0.29, 0.717) is 86.2 Å². The van der Waals surface area contributed by atoms with Crippen LogP contribution >= 0.6 is 8.38 Å². The Hall–Kier alpha value is 0.230. The molecule has 0 aliphatic heterocycles. The largest absolute Gasteiger partial charge is 0.381 e. The standard InChI is InChI=1S/C16H35O5P/c1-6-9-18-12-16(13-19-10-7-2,14-20-11-8-3)15-21-22(5)17-4/h6-15H2,1-5H3/i1D,2D,3D. The lowest BCUT2D eigenvalue weighted by molar-refractivity contribution is -0.0878. The molecular weight excluding hydrogens is 303 g/mol. The lowest BCUT2D eigenvalue weighted by Crippen LogP contribution is -2.41. The minimum Gasteiger partial charge on any atom is -0.381 e. The highest BCUT2D eigenvalue weighted by Crippen LogP contribution is 2.35. The fourth-order valence-corrected chi connectivity index (χ4v) is 2.26. The monoisotopic (exact) mass is 341 g/mol. The molecule has 0 amide bonds. The van der Waals surface area contributed by atoms with Crippen molar-refractivity contribution in [3.63, 3.8) is 0 Å². The summed E-state index contributed by atoms with van der Waals surface area (Å²) in [5.74, 6) is 0. The average molecular weight is 341 g/mol. The Labute approximate surface area is 142 Å². The Morgan fingerprint density at radius 3 is 1.64 bits per heavy atom. The predicted octanol–water partition coefficient (Wildman–Crippen LogP) is 3.86. The van der Waals surface area contributed by atoms with E-state index in [-0.39, 0.29) is 0 Å². The van der Waals surface area contributed by atoms with Crippen LogP contribution in [0.15, 0.2) is 0 Å². The summed E-state index contributed by atoms with van der Waals surface area (Å²) < 4.78 is 49.9. The second kappa shape index (κ2) is 14.8. The second-order valence-corrected chi connectivity index (χ2v) is 6.62. The first-order valence-electron chi connectivity index (χ1n) is 9.78. The molecule has 0 saturated heterocycles. The van der Waals surface area contributed by atoms with Crippen LogP contribution in [-0.4, -0.2) is 60.0 Å².